The molecule has 2 aromatic carbocycles. The van der Waals surface area contributed by atoms with E-state index in [1.54, 1.807) is 12.4 Å². The van der Waals surface area contributed by atoms with Crippen molar-refractivity contribution in [1.82, 2.24) is 14.8 Å². The monoisotopic (exact) mass is 459 g/mol. The zero-order valence-electron chi connectivity index (χ0n) is 19.7. The fourth-order valence-electron chi connectivity index (χ4n) is 5.12. The van der Waals surface area contributed by atoms with E-state index in [1.165, 1.54) is 13.4 Å². The Bertz CT molecular complexity index is 1320. The van der Waals surface area contributed by atoms with E-state index >= 15 is 0 Å². The fourth-order valence-corrected chi connectivity index (χ4v) is 5.12. The van der Waals surface area contributed by atoms with Crippen molar-refractivity contribution in [2.24, 2.45) is 0 Å². The van der Waals surface area contributed by atoms with Gasteiger partial charge in [0.1, 0.15) is 23.2 Å². The van der Waals surface area contributed by atoms with Crippen LogP contribution in [0.5, 0.6) is 5.75 Å². The number of methoxy groups -OCH3 is 1. The van der Waals surface area contributed by atoms with Gasteiger partial charge >= 0.3 is 5.97 Å². The van der Waals surface area contributed by atoms with Crippen LogP contribution >= 0.6 is 0 Å². The minimum atomic E-state index is -0.493. The fraction of sp³-hybridized carbons (Fsp3) is 0.333. The molecule has 4 aromatic rings. The van der Waals surface area contributed by atoms with Crippen LogP contribution in [0.1, 0.15) is 41.4 Å². The number of esters is 1. The number of furan rings is 1. The largest absolute Gasteiger partial charge is 0.507 e. The van der Waals surface area contributed by atoms with Crippen molar-refractivity contribution in [3.63, 3.8) is 0 Å². The van der Waals surface area contributed by atoms with Gasteiger partial charge in [-0.2, -0.15) is 0 Å². The molecule has 1 N–H and O–H groups in total. The lowest BCUT2D eigenvalue weighted by atomic mass is 9.89. The third-order valence-electron chi connectivity index (χ3n) is 6.89. The number of benzene rings is 2. The summed E-state index contributed by atoms with van der Waals surface area (Å²) in [5.41, 5.74) is 2.54. The van der Waals surface area contributed by atoms with E-state index in [0.29, 0.717) is 33.5 Å². The van der Waals surface area contributed by atoms with Crippen molar-refractivity contribution in [2.45, 2.75) is 25.9 Å². The van der Waals surface area contributed by atoms with Crippen LogP contribution in [0.15, 0.2) is 59.5 Å². The predicted octanol–water partition coefficient (Wildman–Crippen LogP) is 4.59. The second kappa shape index (κ2) is 9.08. The number of hydrogen-bond acceptors (Lipinski definition) is 7. The molecule has 1 aliphatic heterocycles. The van der Waals surface area contributed by atoms with E-state index in [4.69, 9.17) is 9.15 Å². The number of aromatic hydroxyl groups is 1. The van der Waals surface area contributed by atoms with Gasteiger partial charge in [-0.05, 0) is 31.5 Å². The molecule has 0 spiro atoms. The summed E-state index contributed by atoms with van der Waals surface area (Å²) in [7, 11) is 1.35. The van der Waals surface area contributed by atoms with Gasteiger partial charge in [0.05, 0.1) is 13.2 Å². The zero-order valence-corrected chi connectivity index (χ0v) is 19.7. The molecule has 1 fully saturated rings. The number of phenols is 1. The molecule has 7 heteroatoms. The smallest absolute Gasteiger partial charge is 0.341 e. The topological polar surface area (TPSA) is 79.0 Å². The van der Waals surface area contributed by atoms with E-state index in [0.717, 1.165) is 37.1 Å². The van der Waals surface area contributed by atoms with Crippen LogP contribution in [-0.4, -0.2) is 65.2 Å². The van der Waals surface area contributed by atoms with E-state index in [9.17, 15) is 9.90 Å². The molecule has 1 unspecified atom stereocenters. The van der Waals surface area contributed by atoms with Crippen molar-refractivity contribution in [3.8, 4) is 5.75 Å². The quantitative estimate of drug-likeness (QED) is 0.437. The number of ether oxygens (including phenoxy) is 1. The van der Waals surface area contributed by atoms with Gasteiger partial charge in [0.15, 0.2) is 0 Å². The summed E-state index contributed by atoms with van der Waals surface area (Å²) in [6.07, 6.45) is 4.96. The molecule has 0 amide bonds. The molecule has 0 bridgehead atoms. The Kier molecular flexibility index (Phi) is 5.98. The first-order valence-electron chi connectivity index (χ1n) is 11.6. The first-order valence-corrected chi connectivity index (χ1v) is 11.6. The Morgan fingerprint density at radius 1 is 1.03 bits per heavy atom. The van der Waals surface area contributed by atoms with Crippen LogP contribution in [0.2, 0.25) is 0 Å². The third-order valence-corrected chi connectivity index (χ3v) is 6.89. The van der Waals surface area contributed by atoms with Crippen molar-refractivity contribution < 1.29 is 19.1 Å². The van der Waals surface area contributed by atoms with Gasteiger partial charge < -0.3 is 14.3 Å². The lowest BCUT2D eigenvalue weighted by molar-refractivity contribution is 0.0601. The summed E-state index contributed by atoms with van der Waals surface area (Å²) in [4.78, 5) is 21.8. The number of fused-ring (bicyclic) bond motifs is 3. The number of pyridine rings is 1. The first-order chi connectivity index (χ1) is 16.5. The number of nitrogens with zero attached hydrogens (tertiary/aromatic N) is 3. The molecular weight excluding hydrogens is 430 g/mol. The molecule has 34 heavy (non-hydrogen) atoms. The molecule has 0 saturated carbocycles. The maximum atomic E-state index is 12.7. The number of hydrogen-bond donors (Lipinski definition) is 1. The van der Waals surface area contributed by atoms with E-state index in [1.807, 2.05) is 36.4 Å². The summed E-state index contributed by atoms with van der Waals surface area (Å²) in [6.45, 7) is 7.91. The highest BCUT2D eigenvalue weighted by atomic mass is 16.5. The number of rotatable bonds is 5. The molecule has 7 nitrogen and oxygen atoms in total. The van der Waals surface area contributed by atoms with Crippen LogP contribution in [-0.2, 0) is 4.74 Å². The molecule has 1 aliphatic rings. The molecule has 5 rings (SSSR count). The SMILES string of the molecule is COC(=O)c1coc2c1c(C(c1ccncc1)N1CCN(C(C)C)CC1)c(O)c1ccccc12. The normalized spacial score (nSPS) is 16.4. The van der Waals surface area contributed by atoms with Gasteiger partial charge in [-0.1, -0.05) is 24.3 Å². The summed E-state index contributed by atoms with van der Waals surface area (Å²) in [5, 5.41) is 13.7. The average molecular weight is 460 g/mol. The number of aromatic nitrogens is 1. The van der Waals surface area contributed by atoms with Gasteiger partial charge in [0.2, 0.25) is 0 Å². The maximum absolute atomic E-state index is 12.7. The second-order valence-corrected chi connectivity index (χ2v) is 9.00. The highest BCUT2D eigenvalue weighted by Gasteiger charge is 2.34. The molecule has 2 aromatic heterocycles. The van der Waals surface area contributed by atoms with Gasteiger partial charge in [-0.3, -0.25) is 14.8 Å². The van der Waals surface area contributed by atoms with Gasteiger partial charge in [-0.15, -0.1) is 0 Å². The Morgan fingerprint density at radius 3 is 2.32 bits per heavy atom. The van der Waals surface area contributed by atoms with Gasteiger partial charge in [0.25, 0.3) is 0 Å². The van der Waals surface area contributed by atoms with Crippen LogP contribution in [0.3, 0.4) is 0 Å². The molecule has 3 heterocycles. The summed E-state index contributed by atoms with van der Waals surface area (Å²) in [5.74, 6) is -0.337. The Balaban J connectivity index is 1.78. The van der Waals surface area contributed by atoms with E-state index < -0.39 is 5.97 Å². The lowest BCUT2D eigenvalue weighted by Gasteiger charge is -2.41. The average Bonchev–Trinajstić information content (AvgIpc) is 3.32. The first kappa shape index (κ1) is 22.4. The maximum Gasteiger partial charge on any atom is 0.341 e. The number of carbonyl (C=O) groups is 1. The number of piperazine rings is 1. The van der Waals surface area contributed by atoms with Crippen molar-refractivity contribution in [1.29, 1.82) is 0 Å². The Hall–Kier alpha value is -3.42. The molecule has 176 valence electrons. The minimum absolute atomic E-state index is 0.155. The molecule has 0 radical (unpaired) electrons. The summed E-state index contributed by atoms with van der Waals surface area (Å²) >= 11 is 0. The molecule has 1 atom stereocenters. The number of carbonyl (C=O) groups excluding carboxylic acids is 1. The third kappa shape index (κ3) is 3.71. The lowest BCUT2D eigenvalue weighted by Crippen LogP contribution is -2.50. The van der Waals surface area contributed by atoms with Crippen LogP contribution in [0.25, 0.3) is 21.7 Å². The minimum Gasteiger partial charge on any atom is -0.507 e. The van der Waals surface area contributed by atoms with E-state index in [-0.39, 0.29) is 11.8 Å². The van der Waals surface area contributed by atoms with Crippen LogP contribution in [0.4, 0.5) is 0 Å². The molecular formula is C27H29N3O4. The van der Waals surface area contributed by atoms with E-state index in [2.05, 4.69) is 28.6 Å². The highest BCUT2D eigenvalue weighted by molar-refractivity contribution is 6.16. The summed E-state index contributed by atoms with van der Waals surface area (Å²) in [6, 6.07) is 11.7. The van der Waals surface area contributed by atoms with Crippen LogP contribution < -0.4 is 0 Å². The highest BCUT2D eigenvalue weighted by Crippen LogP contribution is 2.46. The van der Waals surface area contributed by atoms with Crippen LogP contribution in [0, 0.1) is 0 Å². The Labute approximate surface area is 198 Å². The zero-order chi connectivity index (χ0) is 23.8. The number of phenolic OH excluding ortho intramolecular Hbond substituents is 1. The van der Waals surface area contributed by atoms with Gasteiger partial charge in [-0.25, -0.2) is 4.79 Å². The van der Waals surface area contributed by atoms with Gasteiger partial charge in [0, 0.05) is 66.3 Å². The van der Waals surface area contributed by atoms with Crippen molar-refractivity contribution >= 4 is 27.7 Å². The summed E-state index contributed by atoms with van der Waals surface area (Å²) < 4.78 is 11.0. The molecule has 0 aliphatic carbocycles. The molecule has 1 saturated heterocycles. The Morgan fingerprint density at radius 2 is 1.68 bits per heavy atom. The van der Waals surface area contributed by atoms with Crippen molar-refractivity contribution in [3.05, 3.63) is 71.7 Å². The van der Waals surface area contributed by atoms with Crippen molar-refractivity contribution in [2.75, 3.05) is 33.3 Å². The standard InChI is InChI=1S/C27H29N3O4/c1-17(2)29-12-14-30(15-13-29)24(18-8-10-28-11-9-18)23-22-21(27(32)33-3)16-34-26(22)20-7-5-4-6-19(20)25(23)31/h4-11,16-17,24,31H,12-15H2,1-3H3. The predicted molar refractivity (Wildman–Crippen MR) is 131 cm³/mol. The second-order valence-electron chi connectivity index (χ2n) is 9.00.